The zero-order chi connectivity index (χ0) is 15.2. The van der Waals surface area contributed by atoms with Crippen LogP contribution in [0.15, 0.2) is 30.6 Å². The predicted molar refractivity (Wildman–Crippen MR) is 77.4 cm³/mol. The SMILES string of the molecule is CC[C@H](NC(=O)c1ccccc1C#N)c1ncnn1CC. The van der Waals surface area contributed by atoms with Gasteiger partial charge in [0, 0.05) is 6.54 Å². The van der Waals surface area contributed by atoms with E-state index in [0.29, 0.717) is 24.1 Å². The van der Waals surface area contributed by atoms with E-state index in [-0.39, 0.29) is 11.9 Å². The minimum absolute atomic E-state index is 0.230. The van der Waals surface area contributed by atoms with Crippen LogP contribution in [-0.2, 0) is 6.54 Å². The van der Waals surface area contributed by atoms with Crippen molar-refractivity contribution in [3.05, 3.63) is 47.5 Å². The molecule has 1 atom stereocenters. The molecule has 1 N–H and O–H groups in total. The smallest absolute Gasteiger partial charge is 0.253 e. The monoisotopic (exact) mass is 283 g/mol. The lowest BCUT2D eigenvalue weighted by Gasteiger charge is -2.17. The normalized spacial score (nSPS) is 11.7. The lowest BCUT2D eigenvalue weighted by Crippen LogP contribution is -2.30. The summed E-state index contributed by atoms with van der Waals surface area (Å²) in [4.78, 5) is 16.6. The second kappa shape index (κ2) is 6.66. The van der Waals surface area contributed by atoms with E-state index in [1.165, 1.54) is 6.33 Å². The summed E-state index contributed by atoms with van der Waals surface area (Å²) in [5.74, 6) is 0.451. The molecule has 1 heterocycles. The quantitative estimate of drug-likeness (QED) is 0.910. The molecular formula is C15H17N5O. The number of carbonyl (C=O) groups excluding carboxylic acids is 1. The molecule has 2 rings (SSSR count). The van der Waals surface area contributed by atoms with E-state index in [9.17, 15) is 4.79 Å². The Balaban J connectivity index is 2.23. The molecule has 6 nitrogen and oxygen atoms in total. The van der Waals surface area contributed by atoms with Crippen LogP contribution in [-0.4, -0.2) is 20.7 Å². The molecule has 0 saturated carbocycles. The molecule has 0 spiro atoms. The number of hydrogen-bond acceptors (Lipinski definition) is 4. The Morgan fingerprint density at radius 2 is 2.19 bits per heavy atom. The topological polar surface area (TPSA) is 83.6 Å². The number of nitrogens with zero attached hydrogens (tertiary/aromatic N) is 4. The molecule has 6 heteroatoms. The van der Waals surface area contributed by atoms with E-state index in [1.807, 2.05) is 19.9 Å². The highest BCUT2D eigenvalue weighted by Crippen LogP contribution is 2.16. The molecule has 1 amide bonds. The van der Waals surface area contributed by atoms with Crippen LogP contribution in [0, 0.1) is 11.3 Å². The van der Waals surface area contributed by atoms with E-state index in [0.717, 1.165) is 5.82 Å². The van der Waals surface area contributed by atoms with Crippen LogP contribution in [0.25, 0.3) is 0 Å². The van der Waals surface area contributed by atoms with Crippen LogP contribution in [0.4, 0.5) is 0 Å². The average Bonchev–Trinajstić information content (AvgIpc) is 3.00. The van der Waals surface area contributed by atoms with E-state index >= 15 is 0 Å². The fourth-order valence-corrected chi connectivity index (χ4v) is 2.15. The number of nitrogens with one attached hydrogen (secondary N) is 1. The maximum atomic E-state index is 12.4. The van der Waals surface area contributed by atoms with Gasteiger partial charge in [0.05, 0.1) is 23.2 Å². The van der Waals surface area contributed by atoms with Gasteiger partial charge in [-0.1, -0.05) is 19.1 Å². The van der Waals surface area contributed by atoms with Crippen LogP contribution < -0.4 is 5.32 Å². The number of aryl methyl sites for hydroxylation is 1. The van der Waals surface area contributed by atoms with Gasteiger partial charge in [0.1, 0.15) is 12.2 Å². The molecule has 108 valence electrons. The minimum Gasteiger partial charge on any atom is -0.342 e. The van der Waals surface area contributed by atoms with Gasteiger partial charge in [0.2, 0.25) is 0 Å². The Kier molecular flexibility index (Phi) is 4.67. The van der Waals surface area contributed by atoms with Crippen molar-refractivity contribution in [2.75, 3.05) is 0 Å². The van der Waals surface area contributed by atoms with Gasteiger partial charge >= 0.3 is 0 Å². The highest BCUT2D eigenvalue weighted by molar-refractivity contribution is 5.96. The molecule has 21 heavy (non-hydrogen) atoms. The third-order valence-electron chi connectivity index (χ3n) is 3.26. The van der Waals surface area contributed by atoms with Gasteiger partial charge < -0.3 is 5.32 Å². The molecule has 0 fully saturated rings. The second-order valence-corrected chi connectivity index (χ2v) is 4.53. The van der Waals surface area contributed by atoms with Gasteiger partial charge in [0.25, 0.3) is 5.91 Å². The maximum Gasteiger partial charge on any atom is 0.253 e. The van der Waals surface area contributed by atoms with Crippen molar-refractivity contribution < 1.29 is 4.79 Å². The van der Waals surface area contributed by atoms with Gasteiger partial charge in [-0.05, 0) is 25.5 Å². The van der Waals surface area contributed by atoms with Gasteiger partial charge in [-0.2, -0.15) is 10.4 Å². The molecule has 0 bridgehead atoms. The molecule has 0 aliphatic carbocycles. The summed E-state index contributed by atoms with van der Waals surface area (Å²) in [5.41, 5.74) is 0.739. The van der Waals surface area contributed by atoms with Crippen molar-refractivity contribution >= 4 is 5.91 Å². The molecule has 0 aliphatic rings. The van der Waals surface area contributed by atoms with Crippen LogP contribution in [0.3, 0.4) is 0 Å². The summed E-state index contributed by atoms with van der Waals surface area (Å²) >= 11 is 0. The zero-order valence-electron chi connectivity index (χ0n) is 12.1. The lowest BCUT2D eigenvalue weighted by atomic mass is 10.1. The van der Waals surface area contributed by atoms with Crippen LogP contribution in [0.2, 0.25) is 0 Å². The van der Waals surface area contributed by atoms with Crippen molar-refractivity contribution in [1.29, 1.82) is 5.26 Å². The fraction of sp³-hybridized carbons (Fsp3) is 0.333. The first-order valence-electron chi connectivity index (χ1n) is 6.88. The first-order chi connectivity index (χ1) is 10.2. The zero-order valence-corrected chi connectivity index (χ0v) is 12.1. The molecule has 1 aromatic heterocycles. The number of benzene rings is 1. The number of nitriles is 1. The van der Waals surface area contributed by atoms with Crippen molar-refractivity contribution in [3.8, 4) is 6.07 Å². The molecule has 0 radical (unpaired) electrons. The molecule has 0 saturated heterocycles. The summed E-state index contributed by atoms with van der Waals surface area (Å²) in [6.07, 6.45) is 2.18. The van der Waals surface area contributed by atoms with Gasteiger partial charge in [-0.15, -0.1) is 0 Å². The fourth-order valence-electron chi connectivity index (χ4n) is 2.15. The summed E-state index contributed by atoms with van der Waals surface area (Å²) in [6.45, 7) is 4.63. The van der Waals surface area contributed by atoms with Crippen molar-refractivity contribution in [2.24, 2.45) is 0 Å². The van der Waals surface area contributed by atoms with Crippen LogP contribution in [0.5, 0.6) is 0 Å². The number of amides is 1. The van der Waals surface area contributed by atoms with Crippen molar-refractivity contribution in [3.63, 3.8) is 0 Å². The highest BCUT2D eigenvalue weighted by atomic mass is 16.1. The standard InChI is InChI=1S/C15H17N5O/c1-3-13(14-17-10-18-20(14)4-2)19-15(21)12-8-6-5-7-11(12)9-16/h5-8,10,13H,3-4H2,1-2H3,(H,19,21)/t13-/m0/s1. The van der Waals surface area contributed by atoms with Crippen LogP contribution in [0.1, 0.15) is 48.1 Å². The Labute approximate surface area is 123 Å². The third kappa shape index (κ3) is 3.08. The van der Waals surface area contributed by atoms with E-state index in [2.05, 4.69) is 15.4 Å². The Morgan fingerprint density at radius 1 is 1.43 bits per heavy atom. The summed E-state index contributed by atoms with van der Waals surface area (Å²) in [5, 5.41) is 16.1. The maximum absolute atomic E-state index is 12.4. The lowest BCUT2D eigenvalue weighted by molar-refractivity contribution is 0.0932. The van der Waals surface area contributed by atoms with Gasteiger partial charge in [0.15, 0.2) is 0 Å². The van der Waals surface area contributed by atoms with E-state index in [4.69, 9.17) is 5.26 Å². The third-order valence-corrected chi connectivity index (χ3v) is 3.26. The Hall–Kier alpha value is -2.68. The number of hydrogen-bond donors (Lipinski definition) is 1. The molecule has 2 aromatic rings. The Morgan fingerprint density at radius 3 is 2.86 bits per heavy atom. The second-order valence-electron chi connectivity index (χ2n) is 4.53. The number of aromatic nitrogens is 3. The van der Waals surface area contributed by atoms with Gasteiger partial charge in [-0.25, -0.2) is 9.67 Å². The summed E-state index contributed by atoms with van der Waals surface area (Å²) in [7, 11) is 0. The molecule has 0 aliphatic heterocycles. The minimum atomic E-state index is -0.273. The first-order valence-corrected chi connectivity index (χ1v) is 6.88. The first kappa shape index (κ1) is 14.7. The highest BCUT2D eigenvalue weighted by Gasteiger charge is 2.20. The largest absolute Gasteiger partial charge is 0.342 e. The van der Waals surface area contributed by atoms with Crippen molar-refractivity contribution in [2.45, 2.75) is 32.9 Å². The number of rotatable bonds is 5. The van der Waals surface area contributed by atoms with Crippen LogP contribution >= 0.6 is 0 Å². The van der Waals surface area contributed by atoms with Crippen molar-refractivity contribution in [1.82, 2.24) is 20.1 Å². The molecule has 1 aromatic carbocycles. The van der Waals surface area contributed by atoms with E-state index in [1.54, 1.807) is 28.9 Å². The summed E-state index contributed by atoms with van der Waals surface area (Å²) < 4.78 is 1.75. The van der Waals surface area contributed by atoms with Gasteiger partial charge in [-0.3, -0.25) is 4.79 Å². The average molecular weight is 283 g/mol. The summed E-state index contributed by atoms with van der Waals surface area (Å²) in [6, 6.07) is 8.55. The van der Waals surface area contributed by atoms with E-state index < -0.39 is 0 Å². The molecular weight excluding hydrogens is 266 g/mol. The Bertz CT molecular complexity index is 671. The number of carbonyl (C=O) groups is 1. The molecule has 0 unspecified atom stereocenters. The predicted octanol–water partition coefficient (Wildman–Crippen LogP) is 2.05.